The Morgan fingerprint density at radius 2 is 1.57 bits per heavy atom. The van der Waals surface area contributed by atoms with Crippen molar-refractivity contribution in [1.82, 2.24) is 14.7 Å². The molecule has 2 heterocycles. The molecule has 0 unspecified atom stereocenters. The number of aryl methyl sites for hydroxylation is 1. The molecule has 0 aliphatic carbocycles. The van der Waals surface area contributed by atoms with E-state index >= 15 is 0 Å². The lowest BCUT2D eigenvalue weighted by molar-refractivity contribution is -0.137. The molecule has 8 heteroatoms. The quantitative estimate of drug-likeness (QED) is 0.646. The van der Waals surface area contributed by atoms with Crippen LogP contribution in [0.25, 0.3) is 5.69 Å². The summed E-state index contributed by atoms with van der Waals surface area (Å²) in [5.74, 6) is -0.170. The SMILES string of the molecule is Cc1cc(C(=O)N2CCN(c3cccc(C(F)(F)F)c3)CC2)nn1-c1ccccc1. The fraction of sp³-hybridized carbons (Fsp3) is 0.273. The highest BCUT2D eigenvalue weighted by Gasteiger charge is 2.31. The van der Waals surface area contributed by atoms with Gasteiger partial charge in [0.15, 0.2) is 5.69 Å². The van der Waals surface area contributed by atoms with E-state index in [9.17, 15) is 18.0 Å². The Morgan fingerprint density at radius 1 is 0.900 bits per heavy atom. The number of aromatic nitrogens is 2. The lowest BCUT2D eigenvalue weighted by Gasteiger charge is -2.36. The van der Waals surface area contributed by atoms with Crippen molar-refractivity contribution in [3.63, 3.8) is 0 Å². The largest absolute Gasteiger partial charge is 0.416 e. The van der Waals surface area contributed by atoms with Gasteiger partial charge >= 0.3 is 6.18 Å². The summed E-state index contributed by atoms with van der Waals surface area (Å²) in [7, 11) is 0. The number of benzene rings is 2. The molecule has 2 aromatic carbocycles. The van der Waals surface area contributed by atoms with Crippen molar-refractivity contribution in [2.75, 3.05) is 31.1 Å². The highest BCUT2D eigenvalue weighted by molar-refractivity contribution is 5.92. The first-order chi connectivity index (χ1) is 14.3. The molecule has 0 radical (unpaired) electrons. The topological polar surface area (TPSA) is 41.4 Å². The molecule has 0 saturated carbocycles. The second-order valence-electron chi connectivity index (χ2n) is 7.25. The Balaban J connectivity index is 1.44. The number of para-hydroxylation sites is 1. The fourth-order valence-electron chi connectivity index (χ4n) is 3.62. The average molecular weight is 414 g/mol. The number of rotatable bonds is 3. The van der Waals surface area contributed by atoms with Gasteiger partial charge in [0.05, 0.1) is 11.3 Å². The second-order valence-corrected chi connectivity index (χ2v) is 7.25. The zero-order chi connectivity index (χ0) is 21.3. The van der Waals surface area contributed by atoms with E-state index in [1.165, 1.54) is 6.07 Å². The summed E-state index contributed by atoms with van der Waals surface area (Å²) < 4.78 is 40.6. The average Bonchev–Trinajstić information content (AvgIpc) is 3.15. The van der Waals surface area contributed by atoms with Crippen LogP contribution in [0.5, 0.6) is 0 Å². The minimum Gasteiger partial charge on any atom is -0.368 e. The third-order valence-corrected chi connectivity index (χ3v) is 5.21. The Hall–Kier alpha value is -3.29. The van der Waals surface area contributed by atoms with Crippen molar-refractivity contribution in [1.29, 1.82) is 0 Å². The number of hydrogen-bond acceptors (Lipinski definition) is 3. The van der Waals surface area contributed by atoms with Crippen LogP contribution in [0.15, 0.2) is 60.7 Å². The maximum Gasteiger partial charge on any atom is 0.416 e. The third-order valence-electron chi connectivity index (χ3n) is 5.21. The predicted molar refractivity (Wildman–Crippen MR) is 108 cm³/mol. The molecule has 0 atom stereocenters. The van der Waals surface area contributed by atoms with Crippen molar-refractivity contribution >= 4 is 11.6 Å². The zero-order valence-corrected chi connectivity index (χ0v) is 16.4. The van der Waals surface area contributed by atoms with Gasteiger partial charge in [-0.3, -0.25) is 4.79 Å². The molecule has 1 aliphatic rings. The van der Waals surface area contributed by atoms with Crippen LogP contribution in [0.1, 0.15) is 21.7 Å². The summed E-state index contributed by atoms with van der Waals surface area (Å²) >= 11 is 0. The maximum atomic E-state index is 13.0. The molecule has 1 fully saturated rings. The smallest absolute Gasteiger partial charge is 0.368 e. The number of piperazine rings is 1. The minimum atomic E-state index is -4.37. The minimum absolute atomic E-state index is 0.170. The van der Waals surface area contributed by atoms with Crippen molar-refractivity contribution < 1.29 is 18.0 Å². The Kier molecular flexibility index (Phi) is 5.24. The fourth-order valence-corrected chi connectivity index (χ4v) is 3.62. The van der Waals surface area contributed by atoms with E-state index in [0.29, 0.717) is 37.6 Å². The normalized spacial score (nSPS) is 14.8. The predicted octanol–water partition coefficient (Wildman–Crippen LogP) is 4.16. The number of halogens is 3. The van der Waals surface area contributed by atoms with Crippen LogP contribution in [0.3, 0.4) is 0 Å². The van der Waals surface area contributed by atoms with E-state index in [4.69, 9.17) is 0 Å². The summed E-state index contributed by atoms with van der Waals surface area (Å²) in [5, 5.41) is 4.46. The molecule has 0 spiro atoms. The van der Waals surface area contributed by atoms with Crippen LogP contribution >= 0.6 is 0 Å². The van der Waals surface area contributed by atoms with E-state index in [-0.39, 0.29) is 5.91 Å². The van der Waals surface area contributed by atoms with E-state index in [1.54, 1.807) is 21.7 Å². The summed E-state index contributed by atoms with van der Waals surface area (Å²) in [4.78, 5) is 16.5. The molecule has 1 aromatic heterocycles. The van der Waals surface area contributed by atoms with Gasteiger partial charge in [0, 0.05) is 37.6 Å². The van der Waals surface area contributed by atoms with Crippen LogP contribution in [0, 0.1) is 6.92 Å². The van der Waals surface area contributed by atoms with Gasteiger partial charge < -0.3 is 9.80 Å². The zero-order valence-electron chi connectivity index (χ0n) is 16.4. The van der Waals surface area contributed by atoms with Crippen molar-refractivity contribution in [2.24, 2.45) is 0 Å². The molecule has 156 valence electrons. The lowest BCUT2D eigenvalue weighted by atomic mass is 10.1. The first kappa shape index (κ1) is 20.0. The molecule has 0 bridgehead atoms. The first-order valence-corrected chi connectivity index (χ1v) is 9.66. The number of carbonyl (C=O) groups is 1. The highest BCUT2D eigenvalue weighted by atomic mass is 19.4. The Labute approximate surface area is 172 Å². The van der Waals surface area contributed by atoms with E-state index in [2.05, 4.69) is 5.10 Å². The molecule has 4 rings (SSSR count). The van der Waals surface area contributed by atoms with Crippen LogP contribution in [-0.2, 0) is 6.18 Å². The number of amides is 1. The highest BCUT2D eigenvalue weighted by Crippen LogP contribution is 2.32. The first-order valence-electron chi connectivity index (χ1n) is 9.66. The Morgan fingerprint density at radius 3 is 2.23 bits per heavy atom. The number of nitrogens with zero attached hydrogens (tertiary/aromatic N) is 4. The summed E-state index contributed by atoms with van der Waals surface area (Å²) in [6.07, 6.45) is -4.37. The number of alkyl halides is 3. The summed E-state index contributed by atoms with van der Waals surface area (Å²) in [6, 6.07) is 16.6. The van der Waals surface area contributed by atoms with Gasteiger partial charge in [-0.1, -0.05) is 24.3 Å². The van der Waals surface area contributed by atoms with Crippen molar-refractivity contribution in [3.8, 4) is 5.69 Å². The van der Waals surface area contributed by atoms with Crippen molar-refractivity contribution in [3.05, 3.63) is 77.6 Å². The van der Waals surface area contributed by atoms with Gasteiger partial charge in [0.25, 0.3) is 5.91 Å². The third kappa shape index (κ3) is 4.03. The number of hydrogen-bond donors (Lipinski definition) is 0. The van der Waals surface area contributed by atoms with Crippen LogP contribution < -0.4 is 4.90 Å². The monoisotopic (exact) mass is 414 g/mol. The van der Waals surface area contributed by atoms with Gasteiger partial charge in [-0.2, -0.15) is 18.3 Å². The molecule has 5 nitrogen and oxygen atoms in total. The molecule has 1 saturated heterocycles. The van der Waals surface area contributed by atoms with E-state index < -0.39 is 11.7 Å². The van der Waals surface area contributed by atoms with Crippen LogP contribution in [0.4, 0.5) is 18.9 Å². The van der Waals surface area contributed by atoms with Gasteiger partial charge in [0.2, 0.25) is 0 Å². The Bertz CT molecular complexity index is 1040. The van der Waals surface area contributed by atoms with Gasteiger partial charge in [0.1, 0.15) is 0 Å². The maximum absolute atomic E-state index is 13.0. The van der Waals surface area contributed by atoms with Gasteiger partial charge in [-0.15, -0.1) is 0 Å². The van der Waals surface area contributed by atoms with Gasteiger partial charge in [-0.05, 0) is 43.3 Å². The number of carbonyl (C=O) groups excluding carboxylic acids is 1. The molecular formula is C22H21F3N4O. The summed E-state index contributed by atoms with van der Waals surface area (Å²) in [6.45, 7) is 3.66. The van der Waals surface area contributed by atoms with Crippen LogP contribution in [-0.4, -0.2) is 46.8 Å². The molecule has 1 aliphatic heterocycles. The standard InChI is InChI=1S/C22H21F3N4O/c1-16-14-20(26-29(16)18-7-3-2-4-8-18)21(30)28-12-10-27(11-13-28)19-9-5-6-17(15-19)22(23,24)25/h2-9,14-15H,10-13H2,1H3. The molecule has 0 N–H and O–H groups in total. The van der Waals surface area contributed by atoms with Crippen LogP contribution in [0.2, 0.25) is 0 Å². The van der Waals surface area contributed by atoms with E-state index in [0.717, 1.165) is 23.5 Å². The lowest BCUT2D eigenvalue weighted by Crippen LogP contribution is -2.49. The molecular weight excluding hydrogens is 393 g/mol. The molecule has 3 aromatic rings. The number of anilines is 1. The molecule has 30 heavy (non-hydrogen) atoms. The molecule has 1 amide bonds. The van der Waals surface area contributed by atoms with Gasteiger partial charge in [-0.25, -0.2) is 4.68 Å². The summed E-state index contributed by atoms with van der Waals surface area (Å²) in [5.41, 5.74) is 1.95. The van der Waals surface area contributed by atoms with E-state index in [1.807, 2.05) is 42.2 Å². The second kappa shape index (κ2) is 7.85. The van der Waals surface area contributed by atoms with Crippen molar-refractivity contribution in [2.45, 2.75) is 13.1 Å².